The number of hydrogen-bond acceptors (Lipinski definition) is 2. The van der Waals surface area contributed by atoms with Gasteiger partial charge in [-0.3, -0.25) is 0 Å². The van der Waals surface area contributed by atoms with Gasteiger partial charge in [-0.2, -0.15) is 0 Å². The maximum Gasteiger partial charge on any atom is -0.00713 e. The molecule has 4 N–H and O–H groups in total. The van der Waals surface area contributed by atoms with Crippen LogP contribution in [-0.2, 0) is 12.8 Å². The number of rotatable bonds is 4. The minimum atomic E-state index is 0.853. The molecule has 2 heteroatoms. The molecule has 0 heterocycles. The normalized spacial score (nSPS) is 11.8. The molecule has 18 heavy (non-hydrogen) atoms. The zero-order chi connectivity index (χ0) is 12.8. The Morgan fingerprint density at radius 1 is 0.833 bits per heavy atom. The minimum Gasteiger partial charge on any atom is -0.405 e. The van der Waals surface area contributed by atoms with Gasteiger partial charge in [0.15, 0.2) is 0 Å². The molecule has 2 aromatic carbocycles. The highest BCUT2D eigenvalue weighted by Crippen LogP contribution is 2.24. The third-order valence-corrected chi connectivity index (χ3v) is 3.07. The first kappa shape index (κ1) is 12.2. The van der Waals surface area contributed by atoms with Gasteiger partial charge >= 0.3 is 0 Å². The smallest absolute Gasteiger partial charge is 0.00713 e. The Bertz CT molecular complexity index is 583. The Morgan fingerprint density at radius 3 is 2.33 bits per heavy atom. The van der Waals surface area contributed by atoms with E-state index in [1.165, 1.54) is 21.9 Å². The maximum atomic E-state index is 5.46. The summed E-state index contributed by atoms with van der Waals surface area (Å²) in [6, 6.07) is 12.7. The van der Waals surface area contributed by atoms with Crippen LogP contribution in [0.25, 0.3) is 10.8 Å². The van der Waals surface area contributed by atoms with E-state index in [9.17, 15) is 0 Å². The van der Waals surface area contributed by atoms with E-state index in [4.69, 9.17) is 11.5 Å². The van der Waals surface area contributed by atoms with Crippen molar-refractivity contribution in [3.63, 3.8) is 0 Å². The second-order valence-corrected chi connectivity index (χ2v) is 4.19. The van der Waals surface area contributed by atoms with Crippen LogP contribution in [-0.4, -0.2) is 0 Å². The van der Waals surface area contributed by atoms with Gasteiger partial charge in [-0.25, -0.2) is 0 Å². The summed E-state index contributed by atoms with van der Waals surface area (Å²) in [7, 11) is 0. The third kappa shape index (κ3) is 2.54. The van der Waals surface area contributed by atoms with Crippen molar-refractivity contribution in [2.75, 3.05) is 0 Å². The van der Waals surface area contributed by atoms with E-state index in [0.29, 0.717) is 0 Å². The SMILES string of the molecule is NC=CCc1ccc2ccccc2c1CC=CN. The summed E-state index contributed by atoms with van der Waals surface area (Å²) in [5, 5.41) is 2.55. The topological polar surface area (TPSA) is 52.0 Å². The van der Waals surface area contributed by atoms with Crippen molar-refractivity contribution in [3.8, 4) is 0 Å². The molecule has 0 spiro atoms. The van der Waals surface area contributed by atoms with Crippen LogP contribution in [0.3, 0.4) is 0 Å². The van der Waals surface area contributed by atoms with Gasteiger partial charge in [0.25, 0.3) is 0 Å². The molecular formula is C16H18N2. The standard InChI is InChI=1S/C16H18N2/c17-11-3-6-14-10-9-13-5-1-2-7-15(13)16(14)8-4-12-18/h1-5,7,9-12H,6,8,17-18H2. The van der Waals surface area contributed by atoms with Gasteiger partial charge in [0, 0.05) is 0 Å². The van der Waals surface area contributed by atoms with Crippen molar-refractivity contribution in [3.05, 3.63) is 72.1 Å². The second kappa shape index (κ2) is 5.92. The molecule has 0 radical (unpaired) electrons. The summed E-state index contributed by atoms with van der Waals surface area (Å²) in [6.45, 7) is 0. The van der Waals surface area contributed by atoms with Gasteiger partial charge in [0.05, 0.1) is 0 Å². The van der Waals surface area contributed by atoms with Crippen LogP contribution in [0.15, 0.2) is 61.0 Å². The van der Waals surface area contributed by atoms with E-state index in [1.54, 1.807) is 12.4 Å². The summed E-state index contributed by atoms with van der Waals surface area (Å²) < 4.78 is 0. The van der Waals surface area contributed by atoms with E-state index in [2.05, 4.69) is 36.4 Å². The summed E-state index contributed by atoms with van der Waals surface area (Å²) in [5.74, 6) is 0. The molecule has 0 aliphatic heterocycles. The molecule has 0 aromatic heterocycles. The minimum absolute atomic E-state index is 0.853. The maximum absolute atomic E-state index is 5.46. The number of hydrogen-bond donors (Lipinski definition) is 2. The largest absolute Gasteiger partial charge is 0.405 e. The zero-order valence-corrected chi connectivity index (χ0v) is 10.3. The molecule has 0 aliphatic rings. The Morgan fingerprint density at radius 2 is 1.56 bits per heavy atom. The monoisotopic (exact) mass is 238 g/mol. The van der Waals surface area contributed by atoms with E-state index in [1.807, 2.05) is 12.2 Å². The molecular weight excluding hydrogens is 220 g/mol. The molecule has 0 unspecified atom stereocenters. The van der Waals surface area contributed by atoms with E-state index >= 15 is 0 Å². The Kier molecular flexibility index (Phi) is 4.02. The summed E-state index contributed by atoms with van der Waals surface area (Å²) in [4.78, 5) is 0. The number of nitrogens with two attached hydrogens (primary N) is 2. The summed E-state index contributed by atoms with van der Waals surface area (Å²) >= 11 is 0. The van der Waals surface area contributed by atoms with Crippen molar-refractivity contribution in [2.24, 2.45) is 11.5 Å². The van der Waals surface area contributed by atoms with Gasteiger partial charge in [-0.05, 0) is 47.1 Å². The highest BCUT2D eigenvalue weighted by atomic mass is 14.5. The molecule has 92 valence electrons. The average molecular weight is 238 g/mol. The first-order chi connectivity index (χ1) is 8.86. The fourth-order valence-corrected chi connectivity index (χ4v) is 2.19. The predicted octanol–water partition coefficient (Wildman–Crippen LogP) is 2.87. The van der Waals surface area contributed by atoms with Crippen molar-refractivity contribution in [2.45, 2.75) is 12.8 Å². The van der Waals surface area contributed by atoms with E-state index in [0.717, 1.165) is 12.8 Å². The summed E-state index contributed by atoms with van der Waals surface area (Å²) in [5.41, 5.74) is 13.5. The highest BCUT2D eigenvalue weighted by molar-refractivity contribution is 5.87. The van der Waals surface area contributed by atoms with Gasteiger partial charge in [0.1, 0.15) is 0 Å². The Balaban J connectivity index is 2.54. The van der Waals surface area contributed by atoms with Crippen LogP contribution in [0, 0.1) is 0 Å². The van der Waals surface area contributed by atoms with Crippen molar-refractivity contribution < 1.29 is 0 Å². The fraction of sp³-hybridized carbons (Fsp3) is 0.125. The van der Waals surface area contributed by atoms with Crippen LogP contribution in [0.4, 0.5) is 0 Å². The lowest BCUT2D eigenvalue weighted by Crippen LogP contribution is -1.95. The van der Waals surface area contributed by atoms with Crippen LogP contribution >= 0.6 is 0 Å². The third-order valence-electron chi connectivity index (χ3n) is 3.07. The second-order valence-electron chi connectivity index (χ2n) is 4.19. The Labute approximate surface area is 108 Å². The first-order valence-electron chi connectivity index (χ1n) is 6.09. The highest BCUT2D eigenvalue weighted by Gasteiger charge is 2.05. The average Bonchev–Trinajstić information content (AvgIpc) is 2.43. The predicted molar refractivity (Wildman–Crippen MR) is 78.0 cm³/mol. The van der Waals surface area contributed by atoms with E-state index in [-0.39, 0.29) is 0 Å². The zero-order valence-electron chi connectivity index (χ0n) is 10.3. The molecule has 2 nitrogen and oxygen atoms in total. The van der Waals surface area contributed by atoms with Gasteiger partial charge < -0.3 is 11.5 Å². The van der Waals surface area contributed by atoms with E-state index < -0.39 is 0 Å². The first-order valence-corrected chi connectivity index (χ1v) is 6.09. The molecule has 0 saturated carbocycles. The lowest BCUT2D eigenvalue weighted by molar-refractivity contribution is 1.16. The Hall–Kier alpha value is -2.22. The molecule has 0 saturated heterocycles. The van der Waals surface area contributed by atoms with Crippen molar-refractivity contribution >= 4 is 10.8 Å². The molecule has 0 amide bonds. The molecule has 0 bridgehead atoms. The van der Waals surface area contributed by atoms with Crippen molar-refractivity contribution in [1.29, 1.82) is 0 Å². The van der Waals surface area contributed by atoms with Crippen LogP contribution in [0.2, 0.25) is 0 Å². The van der Waals surface area contributed by atoms with Gasteiger partial charge in [-0.15, -0.1) is 0 Å². The molecule has 2 rings (SSSR count). The lowest BCUT2D eigenvalue weighted by atomic mass is 9.95. The summed E-state index contributed by atoms with van der Waals surface area (Å²) in [6.07, 6.45) is 8.86. The molecule has 2 aromatic rings. The number of allylic oxidation sites excluding steroid dienone is 2. The molecule has 0 fully saturated rings. The quantitative estimate of drug-likeness (QED) is 0.860. The van der Waals surface area contributed by atoms with Crippen LogP contribution < -0.4 is 11.5 Å². The molecule has 0 aliphatic carbocycles. The molecule has 0 atom stereocenters. The lowest BCUT2D eigenvalue weighted by Gasteiger charge is -2.10. The van der Waals surface area contributed by atoms with Crippen LogP contribution in [0.1, 0.15) is 11.1 Å². The van der Waals surface area contributed by atoms with Gasteiger partial charge in [0.2, 0.25) is 0 Å². The van der Waals surface area contributed by atoms with Crippen LogP contribution in [0.5, 0.6) is 0 Å². The fourth-order valence-electron chi connectivity index (χ4n) is 2.19. The number of fused-ring (bicyclic) bond motifs is 1. The van der Waals surface area contributed by atoms with Crippen molar-refractivity contribution in [1.82, 2.24) is 0 Å². The number of benzene rings is 2. The van der Waals surface area contributed by atoms with Gasteiger partial charge in [-0.1, -0.05) is 48.6 Å².